The second-order valence-electron chi connectivity index (χ2n) is 11.8. The molecule has 0 aliphatic carbocycles. The Morgan fingerprint density at radius 2 is 1.12 bits per heavy atom. The number of aliphatic imine (C=N–C) groups is 2. The highest BCUT2D eigenvalue weighted by atomic mass is 15.0. The molecule has 0 amide bonds. The summed E-state index contributed by atoms with van der Waals surface area (Å²) in [5.74, 6) is 0.985. The third-order valence-electron chi connectivity index (χ3n) is 8.88. The summed E-state index contributed by atoms with van der Waals surface area (Å²) in [7, 11) is 0. The SMILES string of the molecule is NC(=NC(=NCc1ccccc1)c1ccc(-c2ccc3c4ccccc4c4ccccc4c3c2)cc1)c1ccccc1-c1cccnc1. The van der Waals surface area contributed by atoms with Gasteiger partial charge in [-0.05, 0) is 66.7 Å². The van der Waals surface area contributed by atoms with Gasteiger partial charge in [0, 0.05) is 29.1 Å². The maximum absolute atomic E-state index is 6.75. The molecule has 0 saturated heterocycles. The fourth-order valence-corrected chi connectivity index (χ4v) is 6.49. The lowest BCUT2D eigenvalue weighted by Crippen LogP contribution is -2.17. The van der Waals surface area contributed by atoms with Crippen LogP contribution in [-0.2, 0) is 6.54 Å². The van der Waals surface area contributed by atoms with Gasteiger partial charge in [-0.3, -0.25) is 9.98 Å². The Bertz CT molecular complexity index is 2430. The van der Waals surface area contributed by atoms with Crippen LogP contribution in [-0.4, -0.2) is 16.7 Å². The number of nitrogens with two attached hydrogens (primary N) is 1. The number of fused-ring (bicyclic) bond motifs is 6. The molecule has 228 valence electrons. The van der Waals surface area contributed by atoms with E-state index in [1.165, 1.54) is 32.3 Å². The van der Waals surface area contributed by atoms with Gasteiger partial charge in [-0.25, -0.2) is 4.99 Å². The first-order valence-electron chi connectivity index (χ1n) is 16.1. The van der Waals surface area contributed by atoms with Crippen LogP contribution in [0.2, 0.25) is 0 Å². The summed E-state index contributed by atoms with van der Waals surface area (Å²) in [5.41, 5.74) is 13.8. The van der Waals surface area contributed by atoms with Crippen LogP contribution in [0.4, 0.5) is 0 Å². The molecule has 8 aromatic rings. The highest BCUT2D eigenvalue weighted by Gasteiger charge is 2.13. The van der Waals surface area contributed by atoms with Crippen LogP contribution < -0.4 is 5.73 Å². The molecule has 0 aliphatic heterocycles. The lowest BCUT2D eigenvalue weighted by atomic mass is 9.92. The third-order valence-corrected chi connectivity index (χ3v) is 8.88. The van der Waals surface area contributed by atoms with Crippen LogP contribution in [0.1, 0.15) is 16.7 Å². The van der Waals surface area contributed by atoms with Gasteiger partial charge in [0.1, 0.15) is 5.84 Å². The number of rotatable bonds is 6. The van der Waals surface area contributed by atoms with E-state index >= 15 is 0 Å². The number of benzene rings is 7. The molecule has 8 rings (SSSR count). The van der Waals surface area contributed by atoms with Crippen molar-refractivity contribution in [2.75, 3.05) is 0 Å². The maximum Gasteiger partial charge on any atom is 0.157 e. The zero-order chi connectivity index (χ0) is 32.3. The molecular weight excluding hydrogens is 585 g/mol. The molecule has 4 heteroatoms. The van der Waals surface area contributed by atoms with Crippen LogP contribution >= 0.6 is 0 Å². The van der Waals surface area contributed by atoms with Crippen molar-refractivity contribution in [1.29, 1.82) is 0 Å². The summed E-state index contributed by atoms with van der Waals surface area (Å²) in [5, 5.41) is 7.59. The summed E-state index contributed by atoms with van der Waals surface area (Å²) in [6, 6.07) is 54.8. The van der Waals surface area contributed by atoms with Gasteiger partial charge < -0.3 is 5.73 Å². The van der Waals surface area contributed by atoms with Gasteiger partial charge in [0.15, 0.2) is 5.84 Å². The monoisotopic (exact) mass is 616 g/mol. The molecule has 1 aromatic heterocycles. The van der Waals surface area contributed by atoms with E-state index in [4.69, 9.17) is 15.7 Å². The molecular formula is C44H32N4. The Morgan fingerprint density at radius 3 is 1.81 bits per heavy atom. The summed E-state index contributed by atoms with van der Waals surface area (Å²) >= 11 is 0. The molecule has 48 heavy (non-hydrogen) atoms. The third kappa shape index (κ3) is 5.61. The van der Waals surface area contributed by atoms with Crippen molar-refractivity contribution in [2.24, 2.45) is 15.7 Å². The molecule has 1 heterocycles. The minimum atomic E-state index is 0.402. The largest absolute Gasteiger partial charge is 0.383 e. The van der Waals surface area contributed by atoms with E-state index in [0.717, 1.165) is 38.9 Å². The molecule has 0 bridgehead atoms. The van der Waals surface area contributed by atoms with E-state index in [1.807, 2.05) is 60.8 Å². The van der Waals surface area contributed by atoms with Crippen molar-refractivity contribution < 1.29 is 0 Å². The fraction of sp³-hybridized carbons (Fsp3) is 0.0227. The van der Waals surface area contributed by atoms with Gasteiger partial charge in [-0.15, -0.1) is 0 Å². The standard InChI is InChI=1S/C44H32N4/c45-43(41-19-9-4-14-35(41)34-13-10-26-46-29-34)48-44(47-28-30-11-2-1-3-12-30)32-22-20-31(21-23-32)33-24-25-40-38-17-6-5-15-36(38)37-16-7-8-18-39(37)42(40)27-33/h1-27,29H,28H2,(H2,45,47,48). The predicted octanol–water partition coefficient (Wildman–Crippen LogP) is 10.2. The number of aromatic nitrogens is 1. The van der Waals surface area contributed by atoms with Crippen LogP contribution in [0, 0.1) is 0 Å². The summed E-state index contributed by atoms with van der Waals surface area (Å²) in [6.45, 7) is 0.491. The lowest BCUT2D eigenvalue weighted by Gasteiger charge is -2.12. The number of hydrogen-bond acceptors (Lipinski definition) is 2. The fourth-order valence-electron chi connectivity index (χ4n) is 6.49. The molecule has 0 spiro atoms. The van der Waals surface area contributed by atoms with E-state index in [2.05, 4.69) is 108 Å². The molecule has 7 aromatic carbocycles. The molecule has 0 radical (unpaired) electrons. The number of hydrogen-bond donors (Lipinski definition) is 1. The van der Waals surface area contributed by atoms with E-state index in [1.54, 1.807) is 6.20 Å². The van der Waals surface area contributed by atoms with Crippen LogP contribution in [0.15, 0.2) is 180 Å². The van der Waals surface area contributed by atoms with Gasteiger partial charge in [0.05, 0.1) is 6.54 Å². The van der Waals surface area contributed by atoms with Crippen molar-refractivity contribution in [2.45, 2.75) is 6.54 Å². The Balaban J connectivity index is 1.19. The summed E-state index contributed by atoms with van der Waals surface area (Å²) < 4.78 is 0. The van der Waals surface area contributed by atoms with E-state index in [-0.39, 0.29) is 0 Å². The lowest BCUT2D eigenvalue weighted by molar-refractivity contribution is 1.06. The van der Waals surface area contributed by atoms with E-state index in [0.29, 0.717) is 18.2 Å². The zero-order valence-electron chi connectivity index (χ0n) is 26.3. The second-order valence-corrected chi connectivity index (χ2v) is 11.8. The maximum atomic E-state index is 6.75. The normalized spacial score (nSPS) is 12.2. The molecule has 0 saturated carbocycles. The van der Waals surface area contributed by atoms with Gasteiger partial charge >= 0.3 is 0 Å². The topological polar surface area (TPSA) is 63.6 Å². The molecule has 0 aliphatic rings. The van der Waals surface area contributed by atoms with Gasteiger partial charge in [0.25, 0.3) is 0 Å². The first-order chi connectivity index (χ1) is 23.7. The molecule has 4 nitrogen and oxygen atoms in total. The Kier molecular flexibility index (Phi) is 7.73. The van der Waals surface area contributed by atoms with Crippen molar-refractivity contribution in [3.8, 4) is 22.3 Å². The first kappa shape index (κ1) is 29.0. The van der Waals surface area contributed by atoms with Crippen molar-refractivity contribution >= 4 is 44.0 Å². The van der Waals surface area contributed by atoms with Crippen LogP contribution in [0.5, 0.6) is 0 Å². The average molecular weight is 617 g/mol. The van der Waals surface area contributed by atoms with E-state index < -0.39 is 0 Å². The number of pyridine rings is 1. The van der Waals surface area contributed by atoms with Crippen molar-refractivity contribution in [3.63, 3.8) is 0 Å². The smallest absolute Gasteiger partial charge is 0.157 e. The van der Waals surface area contributed by atoms with Crippen LogP contribution in [0.3, 0.4) is 0 Å². The molecule has 0 fully saturated rings. The van der Waals surface area contributed by atoms with Gasteiger partial charge in [-0.1, -0.05) is 146 Å². The summed E-state index contributed by atoms with van der Waals surface area (Å²) in [4.78, 5) is 14.2. The minimum Gasteiger partial charge on any atom is -0.383 e. The van der Waals surface area contributed by atoms with Crippen LogP contribution in [0.25, 0.3) is 54.6 Å². The predicted molar refractivity (Wildman–Crippen MR) is 201 cm³/mol. The Morgan fingerprint density at radius 1 is 0.521 bits per heavy atom. The molecule has 0 atom stereocenters. The minimum absolute atomic E-state index is 0.402. The second kappa shape index (κ2) is 12.8. The van der Waals surface area contributed by atoms with Gasteiger partial charge in [-0.2, -0.15) is 0 Å². The van der Waals surface area contributed by atoms with Crippen molar-refractivity contribution in [3.05, 3.63) is 187 Å². The van der Waals surface area contributed by atoms with Gasteiger partial charge in [0.2, 0.25) is 0 Å². The first-order valence-corrected chi connectivity index (χ1v) is 16.1. The molecule has 0 unspecified atom stereocenters. The zero-order valence-corrected chi connectivity index (χ0v) is 26.3. The number of amidine groups is 2. The summed E-state index contributed by atoms with van der Waals surface area (Å²) in [6.07, 6.45) is 3.61. The highest BCUT2D eigenvalue weighted by Crippen LogP contribution is 2.37. The quantitative estimate of drug-likeness (QED) is 0.115. The molecule has 2 N–H and O–H groups in total. The highest BCUT2D eigenvalue weighted by molar-refractivity contribution is 6.25. The van der Waals surface area contributed by atoms with Crippen molar-refractivity contribution in [1.82, 2.24) is 4.98 Å². The number of nitrogens with zero attached hydrogens (tertiary/aromatic N) is 3. The average Bonchev–Trinajstić information content (AvgIpc) is 3.17. The Hall–Kier alpha value is -6.39. The van der Waals surface area contributed by atoms with E-state index in [9.17, 15) is 0 Å². The Labute approximate surface area is 279 Å².